The Morgan fingerprint density at radius 3 is 2.47 bits per heavy atom. The van der Waals surface area contributed by atoms with E-state index in [0.29, 0.717) is 12.1 Å². The Balaban J connectivity index is 1.99. The van der Waals surface area contributed by atoms with Crippen LogP contribution < -0.4 is 5.32 Å². The van der Waals surface area contributed by atoms with E-state index in [2.05, 4.69) is 55.7 Å². The minimum Gasteiger partial charge on any atom is -0.302 e. The van der Waals surface area contributed by atoms with Gasteiger partial charge in [0.1, 0.15) is 0 Å². The molecule has 3 heteroatoms. The second kappa shape index (κ2) is 5.80. The standard InChI is InChI=1S/C14H19NS2/c1-4-12-7-8-14(17-12)11(3)15-10(2)13-6-5-9-16-13/h5-11,15H,4H2,1-3H3/t10-,11?/m1/s1. The molecule has 1 unspecified atom stereocenters. The number of rotatable bonds is 5. The smallest absolute Gasteiger partial charge is 0.0391 e. The van der Waals surface area contributed by atoms with Gasteiger partial charge in [-0.3, -0.25) is 0 Å². The van der Waals surface area contributed by atoms with Crippen molar-refractivity contribution in [3.8, 4) is 0 Å². The molecule has 0 aliphatic heterocycles. The molecule has 0 saturated carbocycles. The maximum Gasteiger partial charge on any atom is 0.0391 e. The van der Waals surface area contributed by atoms with Crippen LogP contribution in [0.5, 0.6) is 0 Å². The molecule has 2 atom stereocenters. The van der Waals surface area contributed by atoms with Crippen molar-refractivity contribution in [2.45, 2.75) is 39.3 Å². The van der Waals surface area contributed by atoms with Crippen LogP contribution in [0.25, 0.3) is 0 Å². The molecular formula is C14H19NS2. The molecule has 0 fully saturated rings. The second-order valence-electron chi connectivity index (χ2n) is 4.28. The van der Waals surface area contributed by atoms with Crippen LogP contribution in [0.15, 0.2) is 29.6 Å². The first-order valence-electron chi connectivity index (χ1n) is 6.08. The Kier molecular flexibility index (Phi) is 4.37. The maximum atomic E-state index is 3.66. The molecule has 0 bridgehead atoms. The third kappa shape index (κ3) is 3.18. The molecule has 17 heavy (non-hydrogen) atoms. The van der Waals surface area contributed by atoms with E-state index >= 15 is 0 Å². The van der Waals surface area contributed by atoms with Gasteiger partial charge < -0.3 is 5.32 Å². The van der Waals surface area contributed by atoms with Gasteiger partial charge >= 0.3 is 0 Å². The van der Waals surface area contributed by atoms with Gasteiger partial charge in [0.2, 0.25) is 0 Å². The van der Waals surface area contributed by atoms with Crippen LogP contribution in [-0.4, -0.2) is 0 Å². The van der Waals surface area contributed by atoms with Crippen LogP contribution in [0.4, 0.5) is 0 Å². The molecule has 2 heterocycles. The van der Waals surface area contributed by atoms with Gasteiger partial charge in [0, 0.05) is 26.7 Å². The van der Waals surface area contributed by atoms with Gasteiger partial charge in [0.15, 0.2) is 0 Å². The van der Waals surface area contributed by atoms with E-state index in [-0.39, 0.29) is 0 Å². The number of hydrogen-bond donors (Lipinski definition) is 1. The Labute approximate surface area is 112 Å². The SMILES string of the molecule is CCc1ccc(C(C)N[C@H](C)c2cccs2)s1. The fraction of sp³-hybridized carbons (Fsp3) is 0.429. The van der Waals surface area contributed by atoms with E-state index in [1.54, 1.807) is 0 Å². The zero-order valence-corrected chi connectivity index (χ0v) is 12.2. The summed E-state index contributed by atoms with van der Waals surface area (Å²) >= 11 is 3.74. The fourth-order valence-corrected chi connectivity index (χ4v) is 3.60. The molecule has 0 radical (unpaired) electrons. The van der Waals surface area contributed by atoms with Crippen LogP contribution in [0.1, 0.15) is 47.5 Å². The van der Waals surface area contributed by atoms with Gasteiger partial charge in [0.05, 0.1) is 0 Å². The summed E-state index contributed by atoms with van der Waals surface area (Å²) in [6.07, 6.45) is 1.14. The summed E-state index contributed by atoms with van der Waals surface area (Å²) in [5, 5.41) is 5.79. The lowest BCUT2D eigenvalue weighted by Crippen LogP contribution is -2.20. The molecule has 1 nitrogen and oxygen atoms in total. The molecule has 2 aromatic rings. The van der Waals surface area contributed by atoms with E-state index in [9.17, 15) is 0 Å². The van der Waals surface area contributed by atoms with Crippen molar-refractivity contribution in [1.29, 1.82) is 0 Å². The van der Waals surface area contributed by atoms with E-state index in [1.807, 2.05) is 22.7 Å². The monoisotopic (exact) mass is 265 g/mol. The second-order valence-corrected chi connectivity index (χ2v) is 6.46. The molecule has 0 spiro atoms. The number of aryl methyl sites for hydroxylation is 1. The Hall–Kier alpha value is -0.640. The van der Waals surface area contributed by atoms with Crippen LogP contribution in [0.3, 0.4) is 0 Å². The summed E-state index contributed by atoms with van der Waals surface area (Å²) in [6, 6.07) is 9.66. The molecule has 2 aromatic heterocycles. The summed E-state index contributed by atoms with van der Waals surface area (Å²) in [5.41, 5.74) is 0. The van der Waals surface area contributed by atoms with Crippen LogP contribution in [-0.2, 0) is 6.42 Å². The zero-order chi connectivity index (χ0) is 12.3. The highest BCUT2D eigenvalue weighted by Gasteiger charge is 2.13. The lowest BCUT2D eigenvalue weighted by atomic mass is 10.2. The molecule has 92 valence electrons. The minimum atomic E-state index is 0.428. The maximum absolute atomic E-state index is 3.66. The normalized spacial score (nSPS) is 14.8. The van der Waals surface area contributed by atoms with E-state index in [4.69, 9.17) is 0 Å². The van der Waals surface area contributed by atoms with Gasteiger partial charge in [-0.15, -0.1) is 22.7 Å². The van der Waals surface area contributed by atoms with Crippen molar-refractivity contribution < 1.29 is 0 Å². The van der Waals surface area contributed by atoms with Gasteiger partial charge in [-0.05, 0) is 43.8 Å². The number of hydrogen-bond acceptors (Lipinski definition) is 3. The highest BCUT2D eigenvalue weighted by Crippen LogP contribution is 2.27. The van der Waals surface area contributed by atoms with Crippen molar-refractivity contribution in [3.05, 3.63) is 44.3 Å². The Bertz CT molecular complexity index is 444. The first kappa shape index (κ1) is 12.8. The lowest BCUT2D eigenvalue weighted by Gasteiger charge is -2.18. The summed E-state index contributed by atoms with van der Waals surface area (Å²) < 4.78 is 0. The topological polar surface area (TPSA) is 12.0 Å². The first-order chi connectivity index (χ1) is 8.20. The highest BCUT2D eigenvalue weighted by atomic mass is 32.1. The number of nitrogens with one attached hydrogen (secondary N) is 1. The summed E-state index contributed by atoms with van der Waals surface area (Å²) in [7, 11) is 0. The third-order valence-electron chi connectivity index (χ3n) is 2.93. The van der Waals surface area contributed by atoms with Crippen molar-refractivity contribution in [1.82, 2.24) is 5.32 Å². The predicted molar refractivity (Wildman–Crippen MR) is 78.0 cm³/mol. The first-order valence-corrected chi connectivity index (χ1v) is 7.78. The van der Waals surface area contributed by atoms with Crippen molar-refractivity contribution >= 4 is 22.7 Å². The van der Waals surface area contributed by atoms with Crippen molar-refractivity contribution in [2.24, 2.45) is 0 Å². The molecule has 1 N–H and O–H groups in total. The zero-order valence-electron chi connectivity index (χ0n) is 10.6. The minimum absolute atomic E-state index is 0.428. The molecule has 0 aliphatic carbocycles. The van der Waals surface area contributed by atoms with Gasteiger partial charge in [-0.25, -0.2) is 0 Å². The van der Waals surface area contributed by atoms with E-state index in [0.717, 1.165) is 6.42 Å². The molecule has 0 saturated heterocycles. The van der Waals surface area contributed by atoms with Gasteiger partial charge in [-0.1, -0.05) is 13.0 Å². The van der Waals surface area contributed by atoms with E-state index < -0.39 is 0 Å². The lowest BCUT2D eigenvalue weighted by molar-refractivity contribution is 0.506. The van der Waals surface area contributed by atoms with Gasteiger partial charge in [-0.2, -0.15) is 0 Å². The highest BCUT2D eigenvalue weighted by molar-refractivity contribution is 7.12. The van der Waals surface area contributed by atoms with Crippen LogP contribution in [0.2, 0.25) is 0 Å². The summed E-state index contributed by atoms with van der Waals surface area (Å²) in [5.74, 6) is 0. The summed E-state index contributed by atoms with van der Waals surface area (Å²) in [6.45, 7) is 6.69. The molecule has 0 aromatic carbocycles. The quantitative estimate of drug-likeness (QED) is 0.820. The van der Waals surface area contributed by atoms with Crippen LogP contribution in [0, 0.1) is 0 Å². The average molecular weight is 265 g/mol. The third-order valence-corrected chi connectivity index (χ3v) is 5.39. The Morgan fingerprint density at radius 1 is 1.12 bits per heavy atom. The molecular weight excluding hydrogens is 246 g/mol. The van der Waals surface area contributed by atoms with Crippen molar-refractivity contribution in [2.75, 3.05) is 0 Å². The van der Waals surface area contributed by atoms with Crippen LogP contribution >= 0.6 is 22.7 Å². The van der Waals surface area contributed by atoms with E-state index in [1.165, 1.54) is 14.6 Å². The summed E-state index contributed by atoms with van der Waals surface area (Å²) in [4.78, 5) is 4.31. The predicted octanol–water partition coefficient (Wildman–Crippen LogP) is 4.78. The largest absolute Gasteiger partial charge is 0.302 e. The Morgan fingerprint density at radius 2 is 1.88 bits per heavy atom. The molecule has 0 amide bonds. The van der Waals surface area contributed by atoms with Gasteiger partial charge in [0.25, 0.3) is 0 Å². The number of thiophene rings is 2. The molecule has 0 aliphatic rings. The average Bonchev–Trinajstić information content (AvgIpc) is 3.00. The fourth-order valence-electron chi connectivity index (χ4n) is 1.89. The molecule has 2 rings (SSSR count). The van der Waals surface area contributed by atoms with Crippen molar-refractivity contribution in [3.63, 3.8) is 0 Å².